The number of piperidine rings is 1. The Bertz CT molecular complexity index is 304. The highest BCUT2D eigenvalue weighted by molar-refractivity contribution is 7.09. The standard InChI is InChI=1S/C11H16N2OS/c14-10(6-11-7-13-8-15-11)5-9-1-3-12-4-2-9/h7-9,12H,1-6H2. The van der Waals surface area contributed by atoms with Gasteiger partial charge in [0.1, 0.15) is 5.78 Å². The van der Waals surface area contributed by atoms with Crippen molar-refractivity contribution in [3.63, 3.8) is 0 Å². The van der Waals surface area contributed by atoms with Crippen molar-refractivity contribution in [1.29, 1.82) is 0 Å². The molecule has 2 rings (SSSR count). The normalized spacial score (nSPS) is 17.9. The van der Waals surface area contributed by atoms with Gasteiger partial charge in [0.2, 0.25) is 0 Å². The van der Waals surface area contributed by atoms with Crippen LogP contribution in [-0.2, 0) is 11.2 Å². The quantitative estimate of drug-likeness (QED) is 0.845. The Morgan fingerprint density at radius 3 is 3.00 bits per heavy atom. The number of thiazole rings is 1. The average Bonchev–Trinajstić information content (AvgIpc) is 2.71. The number of hydrogen-bond donors (Lipinski definition) is 1. The summed E-state index contributed by atoms with van der Waals surface area (Å²) in [5.74, 6) is 0.970. The molecule has 0 saturated carbocycles. The molecular formula is C11H16N2OS. The topological polar surface area (TPSA) is 42.0 Å². The van der Waals surface area contributed by atoms with Gasteiger partial charge in [0, 0.05) is 23.9 Å². The van der Waals surface area contributed by atoms with E-state index in [0.29, 0.717) is 18.1 Å². The van der Waals surface area contributed by atoms with E-state index in [0.717, 1.165) is 37.2 Å². The zero-order chi connectivity index (χ0) is 10.5. The molecule has 0 amide bonds. The van der Waals surface area contributed by atoms with Crippen molar-refractivity contribution < 1.29 is 4.79 Å². The maximum atomic E-state index is 11.7. The first-order valence-corrected chi connectivity index (χ1v) is 6.32. The van der Waals surface area contributed by atoms with Gasteiger partial charge in [-0.2, -0.15) is 0 Å². The van der Waals surface area contributed by atoms with Gasteiger partial charge in [-0.25, -0.2) is 0 Å². The van der Waals surface area contributed by atoms with Gasteiger partial charge in [0.25, 0.3) is 0 Å². The minimum absolute atomic E-state index is 0.367. The Hall–Kier alpha value is -0.740. The number of nitrogens with one attached hydrogen (secondary N) is 1. The Morgan fingerprint density at radius 1 is 1.53 bits per heavy atom. The molecule has 3 nitrogen and oxygen atoms in total. The van der Waals surface area contributed by atoms with Crippen molar-refractivity contribution in [2.24, 2.45) is 5.92 Å². The second-order valence-corrected chi connectivity index (χ2v) is 5.05. The number of nitrogens with zero attached hydrogens (tertiary/aromatic N) is 1. The number of ketones is 1. The Kier molecular flexibility index (Phi) is 3.86. The lowest BCUT2D eigenvalue weighted by Gasteiger charge is -2.21. The zero-order valence-electron chi connectivity index (χ0n) is 8.74. The molecule has 0 aromatic carbocycles. The molecule has 0 unspecified atom stereocenters. The molecule has 4 heteroatoms. The van der Waals surface area contributed by atoms with E-state index < -0.39 is 0 Å². The summed E-state index contributed by atoms with van der Waals surface area (Å²) in [5.41, 5.74) is 1.78. The third-order valence-electron chi connectivity index (χ3n) is 2.83. The molecule has 1 aromatic rings. The molecule has 15 heavy (non-hydrogen) atoms. The van der Waals surface area contributed by atoms with E-state index in [2.05, 4.69) is 10.3 Å². The van der Waals surface area contributed by atoms with Crippen LogP contribution in [0.2, 0.25) is 0 Å². The highest BCUT2D eigenvalue weighted by atomic mass is 32.1. The summed E-state index contributed by atoms with van der Waals surface area (Å²) in [7, 11) is 0. The molecule has 1 aliphatic rings. The van der Waals surface area contributed by atoms with Crippen LogP contribution in [0.3, 0.4) is 0 Å². The van der Waals surface area contributed by atoms with Crippen molar-refractivity contribution in [1.82, 2.24) is 10.3 Å². The van der Waals surface area contributed by atoms with Crippen molar-refractivity contribution in [3.8, 4) is 0 Å². The lowest BCUT2D eigenvalue weighted by molar-refractivity contribution is -0.119. The van der Waals surface area contributed by atoms with E-state index in [4.69, 9.17) is 0 Å². The second kappa shape index (κ2) is 5.37. The van der Waals surface area contributed by atoms with E-state index in [1.54, 1.807) is 23.0 Å². The number of aromatic nitrogens is 1. The van der Waals surface area contributed by atoms with Crippen molar-refractivity contribution in [2.75, 3.05) is 13.1 Å². The summed E-state index contributed by atoms with van der Waals surface area (Å²) in [6.45, 7) is 2.14. The Balaban J connectivity index is 1.76. The van der Waals surface area contributed by atoms with E-state index >= 15 is 0 Å². The van der Waals surface area contributed by atoms with Gasteiger partial charge in [-0.05, 0) is 31.8 Å². The first kappa shape index (κ1) is 10.8. The predicted octanol–water partition coefficient (Wildman–Crippen LogP) is 1.64. The molecule has 1 fully saturated rings. The van der Waals surface area contributed by atoms with Crippen LogP contribution >= 0.6 is 11.3 Å². The molecule has 1 aliphatic heterocycles. The fourth-order valence-electron chi connectivity index (χ4n) is 2.00. The van der Waals surface area contributed by atoms with Crippen molar-refractivity contribution in [2.45, 2.75) is 25.7 Å². The van der Waals surface area contributed by atoms with Crippen LogP contribution in [-0.4, -0.2) is 23.9 Å². The predicted molar refractivity (Wildman–Crippen MR) is 61.0 cm³/mol. The summed E-state index contributed by atoms with van der Waals surface area (Å²) in [6.07, 6.45) is 5.42. The fraction of sp³-hybridized carbons (Fsp3) is 0.636. The van der Waals surface area contributed by atoms with Crippen LogP contribution in [0.1, 0.15) is 24.1 Å². The van der Waals surface area contributed by atoms with Gasteiger partial charge in [-0.15, -0.1) is 11.3 Å². The first-order valence-electron chi connectivity index (χ1n) is 5.44. The van der Waals surface area contributed by atoms with Gasteiger partial charge < -0.3 is 5.32 Å². The van der Waals surface area contributed by atoms with Gasteiger partial charge in [-0.1, -0.05) is 0 Å². The van der Waals surface area contributed by atoms with Crippen LogP contribution in [0.4, 0.5) is 0 Å². The minimum atomic E-state index is 0.367. The molecule has 0 atom stereocenters. The summed E-state index contributed by atoms with van der Waals surface area (Å²) in [6, 6.07) is 0. The molecule has 82 valence electrons. The van der Waals surface area contributed by atoms with Crippen LogP contribution in [0.25, 0.3) is 0 Å². The van der Waals surface area contributed by atoms with Crippen LogP contribution in [0, 0.1) is 5.92 Å². The largest absolute Gasteiger partial charge is 0.317 e. The van der Waals surface area contributed by atoms with Gasteiger partial charge in [0.05, 0.1) is 5.51 Å². The maximum Gasteiger partial charge on any atom is 0.138 e. The molecule has 1 N–H and O–H groups in total. The van der Waals surface area contributed by atoms with Gasteiger partial charge >= 0.3 is 0 Å². The smallest absolute Gasteiger partial charge is 0.138 e. The number of Topliss-reactive ketones (excluding diaryl/α,β-unsaturated/α-hetero) is 1. The molecule has 0 bridgehead atoms. The summed E-state index contributed by atoms with van der Waals surface area (Å²) in [4.78, 5) is 16.8. The van der Waals surface area contributed by atoms with E-state index in [9.17, 15) is 4.79 Å². The Labute approximate surface area is 93.9 Å². The molecular weight excluding hydrogens is 208 g/mol. The number of carbonyl (C=O) groups is 1. The molecule has 1 saturated heterocycles. The van der Waals surface area contributed by atoms with Crippen LogP contribution in [0.5, 0.6) is 0 Å². The minimum Gasteiger partial charge on any atom is -0.317 e. The molecule has 2 heterocycles. The molecule has 0 radical (unpaired) electrons. The summed E-state index contributed by atoms with van der Waals surface area (Å²) in [5, 5.41) is 3.31. The molecule has 0 spiro atoms. The highest BCUT2D eigenvalue weighted by Crippen LogP contribution is 2.18. The lowest BCUT2D eigenvalue weighted by Crippen LogP contribution is -2.29. The van der Waals surface area contributed by atoms with E-state index in [-0.39, 0.29) is 0 Å². The third-order valence-corrected chi connectivity index (χ3v) is 3.61. The van der Waals surface area contributed by atoms with Crippen LogP contribution in [0.15, 0.2) is 11.7 Å². The number of carbonyl (C=O) groups excluding carboxylic acids is 1. The third kappa shape index (κ3) is 3.39. The molecule has 0 aliphatic carbocycles. The number of hydrogen-bond acceptors (Lipinski definition) is 4. The van der Waals surface area contributed by atoms with Gasteiger partial charge in [-0.3, -0.25) is 9.78 Å². The van der Waals surface area contributed by atoms with Crippen molar-refractivity contribution in [3.05, 3.63) is 16.6 Å². The maximum absolute atomic E-state index is 11.7. The summed E-state index contributed by atoms with van der Waals surface area (Å²) >= 11 is 1.57. The SMILES string of the molecule is O=C(Cc1cncs1)CC1CCNCC1. The second-order valence-electron chi connectivity index (χ2n) is 4.08. The number of rotatable bonds is 4. The molecule has 1 aromatic heterocycles. The monoisotopic (exact) mass is 224 g/mol. The van der Waals surface area contributed by atoms with E-state index in [1.165, 1.54) is 0 Å². The first-order chi connectivity index (χ1) is 7.34. The van der Waals surface area contributed by atoms with E-state index in [1.807, 2.05) is 0 Å². The van der Waals surface area contributed by atoms with Crippen molar-refractivity contribution >= 4 is 17.1 Å². The Morgan fingerprint density at radius 2 is 2.33 bits per heavy atom. The fourth-order valence-corrected chi connectivity index (χ4v) is 2.63. The highest BCUT2D eigenvalue weighted by Gasteiger charge is 2.16. The van der Waals surface area contributed by atoms with Gasteiger partial charge in [0.15, 0.2) is 0 Å². The zero-order valence-corrected chi connectivity index (χ0v) is 9.55. The average molecular weight is 224 g/mol. The summed E-state index contributed by atoms with van der Waals surface area (Å²) < 4.78 is 0. The lowest BCUT2D eigenvalue weighted by atomic mass is 9.92. The van der Waals surface area contributed by atoms with Crippen LogP contribution < -0.4 is 5.32 Å².